The average molecular weight is 429 g/mol. The lowest BCUT2D eigenvalue weighted by atomic mass is 10.1. The van der Waals surface area contributed by atoms with E-state index in [1.807, 2.05) is 31.2 Å². The summed E-state index contributed by atoms with van der Waals surface area (Å²) in [5.74, 6) is -0.594. The number of carbonyl (C=O) groups is 2. The molecule has 166 valence electrons. The number of anilines is 2. The van der Waals surface area contributed by atoms with E-state index in [0.717, 1.165) is 30.8 Å². The molecule has 3 N–H and O–H groups in total. The summed E-state index contributed by atoms with van der Waals surface area (Å²) >= 11 is 0. The number of rotatable bonds is 8. The number of carbonyl (C=O) groups excluding carboxylic acids is 2. The van der Waals surface area contributed by atoms with Gasteiger partial charge in [-0.3, -0.25) is 4.79 Å². The van der Waals surface area contributed by atoms with E-state index in [2.05, 4.69) is 20.9 Å². The van der Waals surface area contributed by atoms with Crippen molar-refractivity contribution in [1.82, 2.24) is 10.6 Å². The fraction of sp³-hybridized carbons (Fsp3) is 0.391. The smallest absolute Gasteiger partial charge is 0.315 e. The van der Waals surface area contributed by atoms with Crippen LogP contribution in [0.3, 0.4) is 0 Å². The standard InChI is InChI=1S/C23H29FN4O3/c1-2-3-21(27-23(30)25-16-17-4-6-18(24)7-5-17)22(29)26-19-8-10-20(11-9-19)28-12-14-31-15-13-28/h4-11,21H,2-3,12-16H2,1H3,(H,26,29)(H2,25,27,30)/t21-/m0/s1. The first-order valence-electron chi connectivity index (χ1n) is 10.6. The van der Waals surface area contributed by atoms with Crippen LogP contribution >= 0.6 is 0 Å². The van der Waals surface area contributed by atoms with Crippen molar-refractivity contribution in [3.63, 3.8) is 0 Å². The van der Waals surface area contributed by atoms with Gasteiger partial charge in [-0.1, -0.05) is 25.5 Å². The fourth-order valence-corrected chi connectivity index (χ4v) is 3.36. The summed E-state index contributed by atoms with van der Waals surface area (Å²) in [6, 6.07) is 12.5. The van der Waals surface area contributed by atoms with Gasteiger partial charge in [0.2, 0.25) is 5.91 Å². The van der Waals surface area contributed by atoms with Gasteiger partial charge in [-0.25, -0.2) is 9.18 Å². The van der Waals surface area contributed by atoms with E-state index in [-0.39, 0.29) is 18.3 Å². The molecule has 2 aromatic rings. The van der Waals surface area contributed by atoms with E-state index in [1.165, 1.54) is 12.1 Å². The molecule has 1 fully saturated rings. The van der Waals surface area contributed by atoms with Crippen molar-refractivity contribution in [2.24, 2.45) is 0 Å². The quantitative estimate of drug-likeness (QED) is 0.603. The summed E-state index contributed by atoms with van der Waals surface area (Å²) in [4.78, 5) is 27.2. The Balaban J connectivity index is 1.51. The second kappa shape index (κ2) is 11.3. The molecule has 1 heterocycles. The molecule has 0 aliphatic carbocycles. The third-order valence-electron chi connectivity index (χ3n) is 5.08. The predicted octanol–water partition coefficient (Wildman–Crippen LogP) is 3.27. The third kappa shape index (κ3) is 6.96. The number of benzene rings is 2. The Morgan fingerprint density at radius 2 is 1.74 bits per heavy atom. The Kier molecular flexibility index (Phi) is 8.23. The van der Waals surface area contributed by atoms with Crippen LogP contribution in [-0.4, -0.2) is 44.3 Å². The minimum Gasteiger partial charge on any atom is -0.378 e. The number of morpholine rings is 1. The molecule has 7 nitrogen and oxygen atoms in total. The highest BCUT2D eigenvalue weighted by Gasteiger charge is 2.20. The maximum atomic E-state index is 13.0. The molecule has 1 aliphatic heterocycles. The van der Waals surface area contributed by atoms with Gasteiger partial charge in [-0.2, -0.15) is 0 Å². The highest BCUT2D eigenvalue weighted by Crippen LogP contribution is 2.19. The fourth-order valence-electron chi connectivity index (χ4n) is 3.36. The van der Waals surface area contributed by atoms with Crippen LogP contribution in [0.2, 0.25) is 0 Å². The molecule has 1 aliphatic rings. The van der Waals surface area contributed by atoms with E-state index < -0.39 is 12.1 Å². The molecule has 8 heteroatoms. The second-order valence-corrected chi connectivity index (χ2v) is 7.43. The molecular formula is C23H29FN4O3. The maximum absolute atomic E-state index is 13.0. The van der Waals surface area contributed by atoms with E-state index >= 15 is 0 Å². The van der Waals surface area contributed by atoms with Crippen LogP contribution in [0.5, 0.6) is 0 Å². The zero-order chi connectivity index (χ0) is 22.1. The zero-order valence-corrected chi connectivity index (χ0v) is 17.7. The lowest BCUT2D eigenvalue weighted by molar-refractivity contribution is -0.118. The van der Waals surface area contributed by atoms with Crippen molar-refractivity contribution in [2.45, 2.75) is 32.4 Å². The molecule has 0 aromatic heterocycles. The van der Waals surface area contributed by atoms with Crippen LogP contribution in [0.15, 0.2) is 48.5 Å². The van der Waals surface area contributed by atoms with Crippen LogP contribution in [0.25, 0.3) is 0 Å². The summed E-state index contributed by atoms with van der Waals surface area (Å²) in [7, 11) is 0. The van der Waals surface area contributed by atoms with Crippen LogP contribution in [-0.2, 0) is 16.1 Å². The Hall–Kier alpha value is -3.13. The summed E-state index contributed by atoms with van der Waals surface area (Å²) < 4.78 is 18.3. The molecular weight excluding hydrogens is 399 g/mol. The predicted molar refractivity (Wildman–Crippen MR) is 119 cm³/mol. The minimum absolute atomic E-state index is 0.246. The van der Waals surface area contributed by atoms with Crippen molar-refractivity contribution in [1.29, 1.82) is 0 Å². The van der Waals surface area contributed by atoms with Crippen LogP contribution in [0.4, 0.5) is 20.6 Å². The third-order valence-corrected chi connectivity index (χ3v) is 5.08. The molecule has 0 radical (unpaired) electrons. The second-order valence-electron chi connectivity index (χ2n) is 7.43. The lowest BCUT2D eigenvalue weighted by Crippen LogP contribution is -2.47. The van der Waals surface area contributed by atoms with Gasteiger partial charge >= 0.3 is 6.03 Å². The molecule has 31 heavy (non-hydrogen) atoms. The molecule has 0 spiro atoms. The van der Waals surface area contributed by atoms with Crippen molar-refractivity contribution >= 4 is 23.3 Å². The number of hydrogen-bond acceptors (Lipinski definition) is 4. The monoisotopic (exact) mass is 428 g/mol. The molecule has 1 saturated heterocycles. The molecule has 1 atom stereocenters. The van der Waals surface area contributed by atoms with E-state index in [1.54, 1.807) is 12.1 Å². The Morgan fingerprint density at radius 1 is 1.06 bits per heavy atom. The Labute approximate surface area is 182 Å². The number of nitrogens with one attached hydrogen (secondary N) is 3. The van der Waals surface area contributed by atoms with Crippen molar-refractivity contribution in [3.05, 3.63) is 59.9 Å². The SMILES string of the molecule is CCC[C@H](NC(=O)NCc1ccc(F)cc1)C(=O)Nc1ccc(N2CCOCC2)cc1. The highest BCUT2D eigenvalue weighted by atomic mass is 19.1. The molecule has 0 unspecified atom stereocenters. The topological polar surface area (TPSA) is 82.7 Å². The largest absolute Gasteiger partial charge is 0.378 e. The Morgan fingerprint density at radius 3 is 2.39 bits per heavy atom. The number of halogens is 1. The first-order chi connectivity index (χ1) is 15.0. The van der Waals surface area contributed by atoms with Gasteiger partial charge in [-0.05, 0) is 48.4 Å². The van der Waals surface area contributed by atoms with Crippen LogP contribution in [0.1, 0.15) is 25.3 Å². The summed E-state index contributed by atoms with van der Waals surface area (Å²) in [6.07, 6.45) is 1.26. The summed E-state index contributed by atoms with van der Waals surface area (Å²) in [5, 5.41) is 8.30. The van der Waals surface area contributed by atoms with Crippen LogP contribution in [0, 0.1) is 5.82 Å². The first-order valence-corrected chi connectivity index (χ1v) is 10.6. The lowest BCUT2D eigenvalue weighted by Gasteiger charge is -2.29. The number of amides is 3. The highest BCUT2D eigenvalue weighted by molar-refractivity contribution is 5.97. The average Bonchev–Trinajstić information content (AvgIpc) is 2.79. The van der Waals surface area contributed by atoms with E-state index in [0.29, 0.717) is 25.3 Å². The summed E-state index contributed by atoms with van der Waals surface area (Å²) in [5.41, 5.74) is 2.54. The van der Waals surface area contributed by atoms with Gasteiger partial charge in [-0.15, -0.1) is 0 Å². The number of urea groups is 1. The number of ether oxygens (including phenoxy) is 1. The van der Waals surface area contributed by atoms with Gasteiger partial charge in [0.05, 0.1) is 13.2 Å². The molecule has 3 amide bonds. The van der Waals surface area contributed by atoms with Crippen LogP contribution < -0.4 is 20.9 Å². The number of nitrogens with zero attached hydrogens (tertiary/aromatic N) is 1. The molecule has 3 rings (SSSR count). The van der Waals surface area contributed by atoms with Gasteiger partial charge in [0, 0.05) is 31.0 Å². The van der Waals surface area contributed by atoms with Gasteiger partial charge < -0.3 is 25.6 Å². The van der Waals surface area contributed by atoms with E-state index in [4.69, 9.17) is 4.74 Å². The van der Waals surface area contributed by atoms with Gasteiger partial charge in [0.15, 0.2) is 0 Å². The Bertz CT molecular complexity index is 852. The minimum atomic E-state index is -0.655. The van der Waals surface area contributed by atoms with E-state index in [9.17, 15) is 14.0 Å². The van der Waals surface area contributed by atoms with Crippen molar-refractivity contribution in [2.75, 3.05) is 36.5 Å². The molecule has 2 aromatic carbocycles. The number of hydrogen-bond donors (Lipinski definition) is 3. The maximum Gasteiger partial charge on any atom is 0.315 e. The first kappa shape index (κ1) is 22.6. The zero-order valence-electron chi connectivity index (χ0n) is 17.7. The normalized spacial score (nSPS) is 14.6. The molecule has 0 bridgehead atoms. The van der Waals surface area contributed by atoms with Gasteiger partial charge in [0.1, 0.15) is 11.9 Å². The summed E-state index contributed by atoms with van der Waals surface area (Å²) in [6.45, 7) is 5.33. The van der Waals surface area contributed by atoms with Crippen molar-refractivity contribution < 1.29 is 18.7 Å². The molecule has 0 saturated carbocycles. The van der Waals surface area contributed by atoms with Crippen molar-refractivity contribution in [3.8, 4) is 0 Å². The van der Waals surface area contributed by atoms with Gasteiger partial charge in [0.25, 0.3) is 0 Å².